The van der Waals surface area contributed by atoms with Gasteiger partial charge in [0.15, 0.2) is 0 Å². The predicted octanol–water partition coefficient (Wildman–Crippen LogP) is 4.06. The molecule has 1 heteroatoms. The summed E-state index contributed by atoms with van der Waals surface area (Å²) in [6, 6.07) is 0. The van der Waals surface area contributed by atoms with Crippen LogP contribution in [0.3, 0.4) is 0 Å². The van der Waals surface area contributed by atoms with Crippen LogP contribution in [0.2, 0.25) is 0 Å². The van der Waals surface area contributed by atoms with E-state index in [1.54, 1.807) is 0 Å². The van der Waals surface area contributed by atoms with Gasteiger partial charge in [-0.05, 0) is 74.5 Å². The van der Waals surface area contributed by atoms with E-state index in [1.807, 2.05) is 0 Å². The quantitative estimate of drug-likeness (QED) is 0.734. The average molecular weight is 246 g/mol. The predicted molar refractivity (Wildman–Crippen MR) is 72.0 cm³/mol. The van der Waals surface area contributed by atoms with Crippen molar-refractivity contribution in [3.05, 3.63) is 0 Å². The molecule has 4 rings (SSSR count). The van der Waals surface area contributed by atoms with Crippen molar-refractivity contribution in [2.45, 2.75) is 58.3 Å². The van der Waals surface area contributed by atoms with Crippen LogP contribution >= 0.6 is 0 Å². The molecule has 4 atom stereocenters. The lowest BCUT2D eigenvalue weighted by molar-refractivity contribution is -0.126. The zero-order valence-electron chi connectivity index (χ0n) is 11.6. The minimum atomic E-state index is 0.461. The van der Waals surface area contributed by atoms with E-state index in [9.17, 15) is 4.79 Å². The summed E-state index contributed by atoms with van der Waals surface area (Å²) in [6.07, 6.45) is 10.7. The Morgan fingerprint density at radius 2 is 1.56 bits per heavy atom. The molecule has 18 heavy (non-hydrogen) atoms. The molecule has 0 radical (unpaired) electrons. The fourth-order valence-electron chi connectivity index (χ4n) is 5.83. The third-order valence-electron chi connectivity index (χ3n) is 6.89. The summed E-state index contributed by atoms with van der Waals surface area (Å²) in [7, 11) is 0. The van der Waals surface area contributed by atoms with Crippen molar-refractivity contribution in [3.8, 4) is 0 Å². The Kier molecular flexibility index (Phi) is 2.61. The molecule has 4 aliphatic carbocycles. The largest absolute Gasteiger partial charge is 0.299 e. The van der Waals surface area contributed by atoms with Crippen molar-refractivity contribution in [1.82, 2.24) is 0 Å². The summed E-state index contributed by atoms with van der Waals surface area (Å²) in [6.45, 7) is 2.30. The summed E-state index contributed by atoms with van der Waals surface area (Å²) in [4.78, 5) is 12.7. The molecule has 0 amide bonds. The van der Waals surface area contributed by atoms with Gasteiger partial charge in [-0.1, -0.05) is 13.3 Å². The van der Waals surface area contributed by atoms with Crippen LogP contribution in [0.5, 0.6) is 0 Å². The minimum absolute atomic E-state index is 0.461. The third-order valence-corrected chi connectivity index (χ3v) is 6.89. The molecular formula is C17H26O. The topological polar surface area (TPSA) is 17.1 Å². The summed E-state index contributed by atoms with van der Waals surface area (Å²) < 4.78 is 0. The van der Waals surface area contributed by atoms with Crippen molar-refractivity contribution < 1.29 is 4.79 Å². The van der Waals surface area contributed by atoms with Gasteiger partial charge in [0.2, 0.25) is 0 Å². The summed E-state index contributed by atoms with van der Waals surface area (Å²) in [5, 5.41) is 0. The SMILES string of the molecule is CCC1CCC(C(=O)C2C3C4CCC(C4)C23)CC1. The van der Waals surface area contributed by atoms with Crippen molar-refractivity contribution in [2.75, 3.05) is 0 Å². The van der Waals surface area contributed by atoms with Crippen LogP contribution in [-0.2, 0) is 4.79 Å². The molecule has 1 nitrogen and oxygen atoms in total. The van der Waals surface area contributed by atoms with Crippen LogP contribution < -0.4 is 0 Å². The number of carbonyl (C=O) groups is 1. The van der Waals surface area contributed by atoms with Crippen molar-refractivity contribution in [2.24, 2.45) is 41.4 Å². The number of rotatable bonds is 3. The van der Waals surface area contributed by atoms with Gasteiger partial charge in [-0.25, -0.2) is 0 Å². The van der Waals surface area contributed by atoms with Crippen LogP contribution in [-0.4, -0.2) is 5.78 Å². The van der Waals surface area contributed by atoms with Gasteiger partial charge in [-0.3, -0.25) is 4.79 Å². The first-order valence-corrected chi connectivity index (χ1v) is 8.33. The monoisotopic (exact) mass is 246 g/mol. The molecule has 0 heterocycles. The molecule has 0 saturated heterocycles. The molecule has 0 aromatic rings. The van der Waals surface area contributed by atoms with E-state index in [-0.39, 0.29) is 0 Å². The first kappa shape index (κ1) is 11.5. The Hall–Kier alpha value is -0.330. The van der Waals surface area contributed by atoms with Crippen LogP contribution in [0.4, 0.5) is 0 Å². The van der Waals surface area contributed by atoms with Gasteiger partial charge in [-0.2, -0.15) is 0 Å². The van der Waals surface area contributed by atoms with Gasteiger partial charge >= 0.3 is 0 Å². The molecule has 0 aromatic heterocycles. The smallest absolute Gasteiger partial charge is 0.139 e. The standard InChI is InChI=1S/C17H26O/c1-2-10-3-5-11(6-4-10)17(18)16-14-12-7-8-13(9-12)15(14)16/h10-16H,2-9H2,1H3. The number of carbonyl (C=O) groups excluding carboxylic acids is 1. The molecule has 4 fully saturated rings. The lowest BCUT2D eigenvalue weighted by Gasteiger charge is -2.27. The molecule has 0 N–H and O–H groups in total. The third kappa shape index (κ3) is 1.55. The fourth-order valence-corrected chi connectivity index (χ4v) is 5.83. The summed E-state index contributed by atoms with van der Waals surface area (Å²) >= 11 is 0. The first-order valence-electron chi connectivity index (χ1n) is 8.33. The van der Waals surface area contributed by atoms with E-state index >= 15 is 0 Å². The molecule has 4 unspecified atom stereocenters. The van der Waals surface area contributed by atoms with Gasteiger partial charge in [-0.15, -0.1) is 0 Å². The lowest BCUT2D eigenvalue weighted by Crippen LogP contribution is -2.25. The highest BCUT2D eigenvalue weighted by atomic mass is 16.1. The Balaban J connectivity index is 1.38. The van der Waals surface area contributed by atoms with Crippen molar-refractivity contribution in [1.29, 1.82) is 0 Å². The second-order valence-corrected chi connectivity index (χ2v) is 7.54. The lowest BCUT2D eigenvalue weighted by atomic mass is 9.77. The molecule has 0 aliphatic heterocycles. The van der Waals surface area contributed by atoms with Gasteiger partial charge < -0.3 is 0 Å². The number of ketones is 1. The number of fused-ring (bicyclic) bond motifs is 5. The average Bonchev–Trinajstić information content (AvgIpc) is 2.85. The van der Waals surface area contributed by atoms with Crippen LogP contribution in [0.1, 0.15) is 58.3 Å². The Labute approximate surface area is 111 Å². The molecule has 100 valence electrons. The van der Waals surface area contributed by atoms with E-state index in [4.69, 9.17) is 0 Å². The highest BCUT2D eigenvalue weighted by molar-refractivity contribution is 5.87. The Morgan fingerprint density at radius 1 is 0.944 bits per heavy atom. The van der Waals surface area contributed by atoms with Crippen molar-refractivity contribution >= 4 is 5.78 Å². The molecule has 0 spiro atoms. The van der Waals surface area contributed by atoms with Crippen molar-refractivity contribution in [3.63, 3.8) is 0 Å². The second kappa shape index (κ2) is 4.08. The Morgan fingerprint density at radius 3 is 2.11 bits per heavy atom. The normalized spacial score (nSPS) is 53.3. The van der Waals surface area contributed by atoms with E-state index in [2.05, 4.69) is 6.92 Å². The minimum Gasteiger partial charge on any atom is -0.299 e. The zero-order valence-corrected chi connectivity index (χ0v) is 11.6. The van der Waals surface area contributed by atoms with E-state index in [0.717, 1.165) is 29.6 Å². The molecular weight excluding hydrogens is 220 g/mol. The van der Waals surface area contributed by atoms with Crippen LogP contribution in [0.15, 0.2) is 0 Å². The van der Waals surface area contributed by atoms with Gasteiger partial charge in [0.1, 0.15) is 5.78 Å². The number of Topliss-reactive ketones (excluding diaryl/α,β-unsaturated/α-hetero) is 1. The first-order chi connectivity index (χ1) is 8.79. The molecule has 0 aromatic carbocycles. The molecule has 2 bridgehead atoms. The maximum Gasteiger partial charge on any atom is 0.139 e. The van der Waals surface area contributed by atoms with E-state index in [1.165, 1.54) is 51.4 Å². The van der Waals surface area contributed by atoms with Gasteiger partial charge in [0.25, 0.3) is 0 Å². The van der Waals surface area contributed by atoms with Crippen LogP contribution in [0.25, 0.3) is 0 Å². The highest BCUT2D eigenvalue weighted by Crippen LogP contribution is 2.70. The zero-order chi connectivity index (χ0) is 12.3. The fraction of sp³-hybridized carbons (Fsp3) is 0.941. The summed E-state index contributed by atoms with van der Waals surface area (Å²) in [5.74, 6) is 6.27. The summed E-state index contributed by atoms with van der Waals surface area (Å²) in [5.41, 5.74) is 0. The van der Waals surface area contributed by atoms with Crippen LogP contribution in [0, 0.1) is 41.4 Å². The second-order valence-electron chi connectivity index (χ2n) is 7.54. The number of hydrogen-bond donors (Lipinski definition) is 0. The van der Waals surface area contributed by atoms with E-state index in [0.29, 0.717) is 17.6 Å². The molecule has 4 saturated carbocycles. The maximum absolute atomic E-state index is 12.7. The Bertz CT molecular complexity index is 337. The van der Waals surface area contributed by atoms with Gasteiger partial charge in [0, 0.05) is 11.8 Å². The maximum atomic E-state index is 12.7. The molecule has 4 aliphatic rings. The van der Waals surface area contributed by atoms with Gasteiger partial charge in [0.05, 0.1) is 0 Å². The van der Waals surface area contributed by atoms with E-state index < -0.39 is 0 Å². The highest BCUT2D eigenvalue weighted by Gasteiger charge is 2.67. The number of hydrogen-bond acceptors (Lipinski definition) is 1.